The third kappa shape index (κ3) is 5.86. The summed E-state index contributed by atoms with van der Waals surface area (Å²) in [5, 5.41) is 2.36. The summed E-state index contributed by atoms with van der Waals surface area (Å²) in [4.78, 5) is 43.9. The number of rotatable bonds is 9. The summed E-state index contributed by atoms with van der Waals surface area (Å²) < 4.78 is 17.3. The molecule has 3 heterocycles. The van der Waals surface area contributed by atoms with Crippen LogP contribution in [0.25, 0.3) is 0 Å². The molecule has 2 saturated heterocycles. The molecular weight excluding hydrogens is 554 g/mol. The number of esters is 1. The van der Waals surface area contributed by atoms with E-state index in [0.717, 1.165) is 16.8 Å². The monoisotopic (exact) mass is 585 g/mol. The maximum absolute atomic E-state index is 14.1. The van der Waals surface area contributed by atoms with Crippen molar-refractivity contribution in [2.24, 2.45) is 0 Å². The fourth-order valence-electron chi connectivity index (χ4n) is 5.30. The third-order valence-electron chi connectivity index (χ3n) is 7.39. The average molecular weight is 586 g/mol. The van der Waals surface area contributed by atoms with Crippen LogP contribution in [-0.2, 0) is 23.9 Å². The predicted octanol–water partition coefficient (Wildman–Crippen LogP) is 3.34. The van der Waals surface area contributed by atoms with Gasteiger partial charge in [-0.1, -0.05) is 78.9 Å². The van der Waals surface area contributed by atoms with Gasteiger partial charge in [0.15, 0.2) is 18.4 Å². The number of hydrogen-bond donors (Lipinski definition) is 1. The Morgan fingerprint density at radius 2 is 1.50 bits per heavy atom. The second kappa shape index (κ2) is 12.7. The molecule has 1 N–H and O–H groups in total. The van der Waals surface area contributed by atoms with Crippen molar-refractivity contribution in [3.05, 3.63) is 114 Å². The molecule has 2 amide bonds. The number of β-lactam (4-membered cyclic amide) rings is 1. The summed E-state index contributed by atoms with van der Waals surface area (Å²) >= 11 is 1.52. The smallest absolute Gasteiger partial charge is 0.357 e. The van der Waals surface area contributed by atoms with Gasteiger partial charge >= 0.3 is 5.97 Å². The van der Waals surface area contributed by atoms with Crippen molar-refractivity contribution in [1.82, 2.24) is 15.1 Å². The highest BCUT2D eigenvalue weighted by Gasteiger charge is 2.55. The highest BCUT2D eigenvalue weighted by molar-refractivity contribution is 8.00. The number of morpholine rings is 1. The standard InChI is InChI=1S/C32H31N3O6S/c36-26(20-40-24-14-8-3-9-15-24)33-27-30(37)35-28(25(21-42-31(27)35)34-16-18-39-19-17-34)32(38)41-29(22-10-4-1-5-11-22)23-12-6-2-7-13-23/h1-15,27,29,31H,16-21H2,(H,33,36)/t27?,31-/m0/s1. The molecule has 3 aliphatic rings. The topological polar surface area (TPSA) is 97.4 Å². The summed E-state index contributed by atoms with van der Waals surface area (Å²) in [6.45, 7) is 2.06. The first-order valence-corrected chi connectivity index (χ1v) is 14.9. The van der Waals surface area contributed by atoms with Gasteiger partial charge < -0.3 is 24.4 Å². The van der Waals surface area contributed by atoms with Gasteiger partial charge in [-0.25, -0.2) is 4.79 Å². The Bertz CT molecular complexity index is 1410. The number of fused-ring (bicyclic) bond motifs is 1. The van der Waals surface area contributed by atoms with Gasteiger partial charge in [0.25, 0.3) is 11.8 Å². The van der Waals surface area contributed by atoms with Crippen LogP contribution in [0.5, 0.6) is 5.75 Å². The van der Waals surface area contributed by atoms with Crippen molar-refractivity contribution in [2.75, 3.05) is 38.7 Å². The SMILES string of the molecule is O=C(COc1ccccc1)NC1C(=O)N2C(C(=O)OC(c3ccccc3)c3ccccc3)=C(N3CCOCC3)CS[C@@H]12. The van der Waals surface area contributed by atoms with Crippen LogP contribution in [0.1, 0.15) is 17.2 Å². The molecule has 42 heavy (non-hydrogen) atoms. The minimum Gasteiger partial charge on any atom is -0.484 e. The molecule has 2 fully saturated rings. The maximum atomic E-state index is 14.1. The van der Waals surface area contributed by atoms with E-state index in [2.05, 4.69) is 10.2 Å². The van der Waals surface area contributed by atoms with Crippen LogP contribution in [0.4, 0.5) is 0 Å². The van der Waals surface area contributed by atoms with Crippen molar-refractivity contribution in [2.45, 2.75) is 17.5 Å². The lowest BCUT2D eigenvalue weighted by Crippen LogP contribution is -2.71. The number of para-hydroxylation sites is 1. The van der Waals surface area contributed by atoms with E-state index >= 15 is 0 Å². The van der Waals surface area contributed by atoms with Crippen molar-refractivity contribution in [3.63, 3.8) is 0 Å². The van der Waals surface area contributed by atoms with Crippen LogP contribution in [0.2, 0.25) is 0 Å². The molecule has 0 aromatic heterocycles. The van der Waals surface area contributed by atoms with E-state index in [4.69, 9.17) is 14.2 Å². The highest BCUT2D eigenvalue weighted by Crippen LogP contribution is 2.42. The first-order chi connectivity index (χ1) is 20.6. The highest BCUT2D eigenvalue weighted by atomic mass is 32.2. The largest absolute Gasteiger partial charge is 0.484 e. The van der Waals surface area contributed by atoms with Crippen LogP contribution in [0, 0.1) is 0 Å². The lowest BCUT2D eigenvalue weighted by atomic mass is 10.0. The van der Waals surface area contributed by atoms with Gasteiger partial charge in [0.1, 0.15) is 17.2 Å². The molecule has 3 aliphatic heterocycles. The number of amides is 2. The predicted molar refractivity (Wildman–Crippen MR) is 157 cm³/mol. The quantitative estimate of drug-likeness (QED) is 0.302. The molecule has 0 saturated carbocycles. The molecule has 10 heteroatoms. The Hall–Kier alpha value is -4.28. The minimum absolute atomic E-state index is 0.217. The first kappa shape index (κ1) is 27.9. The van der Waals surface area contributed by atoms with Crippen LogP contribution >= 0.6 is 11.8 Å². The molecule has 0 radical (unpaired) electrons. The Balaban J connectivity index is 1.24. The Labute approximate surface area is 248 Å². The number of hydrogen-bond acceptors (Lipinski definition) is 8. The molecule has 3 aromatic rings. The Morgan fingerprint density at radius 3 is 2.12 bits per heavy atom. The normalized spacial score (nSPS) is 20.1. The fraction of sp³-hybridized carbons (Fsp3) is 0.281. The van der Waals surface area contributed by atoms with E-state index in [0.29, 0.717) is 37.8 Å². The van der Waals surface area contributed by atoms with E-state index in [1.54, 1.807) is 12.1 Å². The third-order valence-corrected chi connectivity index (χ3v) is 8.66. The Kier molecular flexibility index (Phi) is 8.43. The summed E-state index contributed by atoms with van der Waals surface area (Å²) in [5.41, 5.74) is 2.63. The zero-order valence-corrected chi connectivity index (χ0v) is 23.7. The second-order valence-electron chi connectivity index (χ2n) is 10.1. The van der Waals surface area contributed by atoms with Crippen LogP contribution in [0.3, 0.4) is 0 Å². The van der Waals surface area contributed by atoms with Gasteiger partial charge in [0.05, 0.1) is 18.9 Å². The van der Waals surface area contributed by atoms with Gasteiger partial charge in [-0.2, -0.15) is 0 Å². The van der Waals surface area contributed by atoms with Gasteiger partial charge in [0.2, 0.25) is 0 Å². The summed E-state index contributed by atoms with van der Waals surface area (Å²) in [6.07, 6.45) is -0.659. The zero-order valence-electron chi connectivity index (χ0n) is 22.9. The van der Waals surface area contributed by atoms with Crippen molar-refractivity contribution in [1.29, 1.82) is 0 Å². The lowest BCUT2D eigenvalue weighted by Gasteiger charge is -2.51. The molecule has 6 rings (SSSR count). The number of nitrogens with one attached hydrogen (secondary N) is 1. The van der Waals surface area contributed by atoms with Crippen molar-refractivity contribution >= 4 is 29.5 Å². The molecule has 3 aromatic carbocycles. The Morgan fingerprint density at radius 1 is 0.905 bits per heavy atom. The fourth-order valence-corrected chi connectivity index (χ4v) is 6.68. The molecule has 0 spiro atoms. The lowest BCUT2D eigenvalue weighted by molar-refractivity contribution is -0.155. The first-order valence-electron chi connectivity index (χ1n) is 13.9. The van der Waals surface area contributed by atoms with Crippen LogP contribution in [0.15, 0.2) is 102 Å². The van der Waals surface area contributed by atoms with E-state index in [9.17, 15) is 14.4 Å². The number of thioether (sulfide) groups is 1. The van der Waals surface area contributed by atoms with E-state index in [-0.39, 0.29) is 18.2 Å². The summed E-state index contributed by atoms with van der Waals surface area (Å²) in [6, 6.07) is 27.3. The van der Waals surface area contributed by atoms with Gasteiger partial charge in [-0.15, -0.1) is 11.8 Å². The van der Waals surface area contributed by atoms with Crippen LogP contribution < -0.4 is 10.1 Å². The second-order valence-corrected chi connectivity index (χ2v) is 11.2. The van der Waals surface area contributed by atoms with E-state index < -0.39 is 29.4 Å². The van der Waals surface area contributed by atoms with Crippen LogP contribution in [-0.4, -0.2) is 77.7 Å². The number of benzene rings is 3. The van der Waals surface area contributed by atoms with Crippen molar-refractivity contribution in [3.8, 4) is 5.75 Å². The molecule has 9 nitrogen and oxygen atoms in total. The molecule has 1 unspecified atom stereocenters. The van der Waals surface area contributed by atoms with Gasteiger partial charge in [0, 0.05) is 18.8 Å². The van der Waals surface area contributed by atoms with E-state index in [1.807, 2.05) is 78.9 Å². The summed E-state index contributed by atoms with van der Waals surface area (Å²) in [5.74, 6) is -0.278. The minimum atomic E-state index is -0.769. The van der Waals surface area contributed by atoms with E-state index in [1.165, 1.54) is 16.7 Å². The number of ether oxygens (including phenoxy) is 3. The average Bonchev–Trinajstić information content (AvgIpc) is 3.06. The summed E-state index contributed by atoms with van der Waals surface area (Å²) in [7, 11) is 0. The molecule has 0 bridgehead atoms. The number of carbonyl (C=O) groups excluding carboxylic acids is 3. The van der Waals surface area contributed by atoms with Gasteiger partial charge in [-0.05, 0) is 23.3 Å². The molecule has 2 atom stereocenters. The number of nitrogens with zero attached hydrogens (tertiary/aromatic N) is 2. The molecule has 0 aliphatic carbocycles. The maximum Gasteiger partial charge on any atom is 0.357 e. The molecule has 216 valence electrons. The molecular formula is C32H31N3O6S. The zero-order chi connectivity index (χ0) is 28.9. The van der Waals surface area contributed by atoms with Gasteiger partial charge in [-0.3, -0.25) is 14.5 Å². The van der Waals surface area contributed by atoms with Crippen molar-refractivity contribution < 1.29 is 28.6 Å². The number of carbonyl (C=O) groups is 3.